The molecule has 1 heterocycles. The van der Waals surface area contributed by atoms with Crippen LogP contribution in [0.25, 0.3) is 16.8 Å². The number of hydrogen-bond acceptors (Lipinski definition) is 1. The van der Waals surface area contributed by atoms with Crippen molar-refractivity contribution in [3.8, 4) is 0 Å². The first-order valence-corrected chi connectivity index (χ1v) is 5.40. The topological polar surface area (TPSA) is 3.24 Å². The molecule has 1 aliphatic heterocycles. The highest BCUT2D eigenvalue weighted by atomic mass is 15.1. The second-order valence-electron chi connectivity index (χ2n) is 4.10. The van der Waals surface area contributed by atoms with Crippen molar-refractivity contribution in [3.63, 3.8) is 0 Å². The fraction of sp³-hybridized carbons (Fsp3) is 0.0667. The van der Waals surface area contributed by atoms with Gasteiger partial charge in [-0.15, -0.1) is 0 Å². The maximum atomic E-state index is 4.01. The van der Waals surface area contributed by atoms with E-state index in [2.05, 4.69) is 67.1 Å². The van der Waals surface area contributed by atoms with Crippen LogP contribution in [0.4, 0.5) is 5.69 Å². The van der Waals surface area contributed by atoms with E-state index in [1.165, 1.54) is 22.0 Å². The van der Waals surface area contributed by atoms with Crippen LogP contribution in [0.2, 0.25) is 0 Å². The lowest BCUT2D eigenvalue weighted by Crippen LogP contribution is -2.17. The predicted molar refractivity (Wildman–Crippen MR) is 70.5 cm³/mol. The second kappa shape index (κ2) is 3.24. The molecule has 16 heavy (non-hydrogen) atoms. The summed E-state index contributed by atoms with van der Waals surface area (Å²) in [7, 11) is 2.06. The van der Waals surface area contributed by atoms with E-state index in [9.17, 15) is 0 Å². The summed E-state index contributed by atoms with van der Waals surface area (Å²) in [6.07, 6.45) is 4.22. The SMILES string of the molecule is C=C1C=Cc2c(ccc3ccccc23)N1C. The number of rotatable bonds is 0. The molecule has 0 saturated carbocycles. The molecule has 0 saturated heterocycles. The minimum Gasteiger partial charge on any atom is -0.345 e. The van der Waals surface area contributed by atoms with E-state index in [0.29, 0.717) is 0 Å². The number of benzene rings is 2. The molecule has 0 N–H and O–H groups in total. The summed E-state index contributed by atoms with van der Waals surface area (Å²) < 4.78 is 0. The quantitative estimate of drug-likeness (QED) is 0.634. The standard InChI is InChI=1S/C15H13N/c1-11-7-9-14-13-6-4-3-5-12(13)8-10-15(14)16(11)2/h3-10H,1H2,2H3. The molecule has 0 fully saturated rings. The van der Waals surface area contributed by atoms with Crippen LogP contribution in [0.5, 0.6) is 0 Å². The fourth-order valence-electron chi connectivity index (χ4n) is 2.20. The summed E-state index contributed by atoms with van der Waals surface area (Å²) in [6, 6.07) is 12.8. The lowest BCUT2D eigenvalue weighted by Gasteiger charge is -2.26. The first-order valence-electron chi connectivity index (χ1n) is 5.40. The van der Waals surface area contributed by atoms with Crippen molar-refractivity contribution in [2.45, 2.75) is 0 Å². The van der Waals surface area contributed by atoms with Gasteiger partial charge in [0.05, 0.1) is 0 Å². The fourth-order valence-corrected chi connectivity index (χ4v) is 2.20. The van der Waals surface area contributed by atoms with Gasteiger partial charge in [0.1, 0.15) is 0 Å². The third-order valence-electron chi connectivity index (χ3n) is 3.18. The Bertz CT molecular complexity index is 608. The highest BCUT2D eigenvalue weighted by Gasteiger charge is 2.13. The normalized spacial score (nSPS) is 14.3. The van der Waals surface area contributed by atoms with Gasteiger partial charge in [-0.1, -0.05) is 43.0 Å². The molecule has 0 bridgehead atoms. The molecule has 0 unspecified atom stereocenters. The Hall–Kier alpha value is -2.02. The number of nitrogens with zero attached hydrogens (tertiary/aromatic N) is 1. The van der Waals surface area contributed by atoms with Gasteiger partial charge in [0.15, 0.2) is 0 Å². The van der Waals surface area contributed by atoms with Crippen LogP contribution in [0.1, 0.15) is 5.56 Å². The molecule has 78 valence electrons. The summed E-state index contributed by atoms with van der Waals surface area (Å²) in [5, 5.41) is 2.59. The van der Waals surface area contributed by atoms with Crippen molar-refractivity contribution in [1.29, 1.82) is 0 Å². The molecule has 1 heteroatoms. The van der Waals surface area contributed by atoms with Crippen LogP contribution in [-0.4, -0.2) is 7.05 Å². The highest BCUT2D eigenvalue weighted by Crippen LogP contribution is 2.34. The average molecular weight is 207 g/mol. The van der Waals surface area contributed by atoms with E-state index in [0.717, 1.165) is 5.70 Å². The van der Waals surface area contributed by atoms with Gasteiger partial charge in [0.2, 0.25) is 0 Å². The molecule has 1 nitrogen and oxygen atoms in total. The number of allylic oxidation sites excluding steroid dienone is 1. The van der Waals surface area contributed by atoms with E-state index < -0.39 is 0 Å². The molecule has 0 aromatic heterocycles. The molecule has 3 rings (SSSR count). The van der Waals surface area contributed by atoms with E-state index >= 15 is 0 Å². The zero-order valence-electron chi connectivity index (χ0n) is 9.27. The van der Waals surface area contributed by atoms with E-state index in [1.807, 2.05) is 0 Å². The molecule has 0 atom stereocenters. The lowest BCUT2D eigenvalue weighted by molar-refractivity contribution is 1.14. The van der Waals surface area contributed by atoms with Gasteiger partial charge in [0, 0.05) is 24.0 Å². The number of anilines is 1. The van der Waals surface area contributed by atoms with Crippen molar-refractivity contribution in [2.24, 2.45) is 0 Å². The highest BCUT2D eigenvalue weighted by molar-refractivity contribution is 5.97. The van der Waals surface area contributed by atoms with Gasteiger partial charge >= 0.3 is 0 Å². The van der Waals surface area contributed by atoms with E-state index in [4.69, 9.17) is 0 Å². The second-order valence-corrected chi connectivity index (χ2v) is 4.10. The Labute approximate surface area is 95.3 Å². The van der Waals surface area contributed by atoms with Gasteiger partial charge < -0.3 is 4.90 Å². The minimum absolute atomic E-state index is 1.03. The van der Waals surface area contributed by atoms with Gasteiger partial charge in [0.25, 0.3) is 0 Å². The molecule has 0 radical (unpaired) electrons. The Balaban J connectivity index is 2.38. The maximum absolute atomic E-state index is 4.01. The predicted octanol–water partition coefficient (Wildman–Crippen LogP) is 3.82. The third kappa shape index (κ3) is 1.18. The Morgan fingerprint density at radius 1 is 1.00 bits per heavy atom. The Morgan fingerprint density at radius 2 is 1.81 bits per heavy atom. The van der Waals surface area contributed by atoms with Crippen LogP contribution in [0, 0.1) is 0 Å². The van der Waals surface area contributed by atoms with Crippen molar-refractivity contribution in [3.05, 3.63) is 60.3 Å². The van der Waals surface area contributed by atoms with Crippen LogP contribution >= 0.6 is 0 Å². The third-order valence-corrected chi connectivity index (χ3v) is 3.18. The largest absolute Gasteiger partial charge is 0.345 e. The van der Waals surface area contributed by atoms with Crippen LogP contribution in [0.15, 0.2) is 54.8 Å². The molecule has 2 aromatic rings. The van der Waals surface area contributed by atoms with Gasteiger partial charge in [-0.05, 0) is 22.9 Å². The van der Waals surface area contributed by atoms with Crippen LogP contribution in [0.3, 0.4) is 0 Å². The Kier molecular flexibility index (Phi) is 1.87. The molecule has 2 aromatic carbocycles. The molecule has 1 aliphatic rings. The summed E-state index contributed by atoms with van der Waals surface area (Å²) in [5.74, 6) is 0. The van der Waals surface area contributed by atoms with E-state index in [1.54, 1.807) is 0 Å². The molecule has 0 aliphatic carbocycles. The summed E-state index contributed by atoms with van der Waals surface area (Å²) >= 11 is 0. The monoisotopic (exact) mass is 207 g/mol. The van der Waals surface area contributed by atoms with Crippen molar-refractivity contribution in [2.75, 3.05) is 11.9 Å². The van der Waals surface area contributed by atoms with Gasteiger partial charge in [-0.25, -0.2) is 0 Å². The molecular weight excluding hydrogens is 194 g/mol. The maximum Gasteiger partial charge on any atom is 0.0488 e. The van der Waals surface area contributed by atoms with Crippen LogP contribution < -0.4 is 4.90 Å². The zero-order chi connectivity index (χ0) is 11.1. The van der Waals surface area contributed by atoms with Crippen LogP contribution in [-0.2, 0) is 0 Å². The number of hydrogen-bond donors (Lipinski definition) is 0. The first kappa shape index (κ1) is 9.22. The minimum atomic E-state index is 1.03. The van der Waals surface area contributed by atoms with Crippen molar-refractivity contribution >= 4 is 22.5 Å². The smallest absolute Gasteiger partial charge is 0.0488 e. The lowest BCUT2D eigenvalue weighted by atomic mass is 9.99. The van der Waals surface area contributed by atoms with Crippen molar-refractivity contribution in [1.82, 2.24) is 0 Å². The van der Waals surface area contributed by atoms with E-state index in [-0.39, 0.29) is 0 Å². The zero-order valence-corrected chi connectivity index (χ0v) is 9.27. The van der Waals surface area contributed by atoms with Gasteiger partial charge in [-0.3, -0.25) is 0 Å². The number of likely N-dealkylation sites (N-methyl/N-ethyl adjacent to an activating group) is 1. The van der Waals surface area contributed by atoms with Gasteiger partial charge in [-0.2, -0.15) is 0 Å². The molecule has 0 spiro atoms. The first-order chi connectivity index (χ1) is 7.77. The molecule has 0 amide bonds. The average Bonchev–Trinajstić information content (AvgIpc) is 2.33. The summed E-state index contributed by atoms with van der Waals surface area (Å²) in [6.45, 7) is 4.01. The summed E-state index contributed by atoms with van der Waals surface area (Å²) in [4.78, 5) is 2.13. The Morgan fingerprint density at radius 3 is 2.69 bits per heavy atom. The summed E-state index contributed by atoms with van der Waals surface area (Å²) in [5.41, 5.74) is 3.54. The number of fused-ring (bicyclic) bond motifs is 3. The van der Waals surface area contributed by atoms with Crippen molar-refractivity contribution < 1.29 is 0 Å². The molecular formula is C15H13N.